The van der Waals surface area contributed by atoms with Crippen LogP contribution in [0.4, 0.5) is 0 Å². The molecule has 154 valence electrons. The maximum absolute atomic E-state index is 12.1. The number of aryl methyl sites for hydroxylation is 1. The van der Waals surface area contributed by atoms with E-state index in [-0.39, 0.29) is 24.9 Å². The molecule has 0 fully saturated rings. The Hall–Kier alpha value is -2.76. The van der Waals surface area contributed by atoms with Crippen LogP contribution >= 0.6 is 12.4 Å². The molecule has 0 unspecified atom stereocenters. The minimum Gasteiger partial charge on any atom is -0.494 e. The zero-order valence-electron chi connectivity index (χ0n) is 16.3. The van der Waals surface area contributed by atoms with Crippen molar-refractivity contribution in [2.45, 2.75) is 25.8 Å². The molecule has 0 saturated carbocycles. The van der Waals surface area contributed by atoms with Crippen molar-refractivity contribution in [2.75, 3.05) is 13.2 Å². The number of amides is 1. The van der Waals surface area contributed by atoms with Gasteiger partial charge < -0.3 is 20.2 Å². The highest BCUT2D eigenvalue weighted by molar-refractivity contribution is 5.93. The summed E-state index contributed by atoms with van der Waals surface area (Å²) in [5.41, 5.74) is 8.43. The van der Waals surface area contributed by atoms with Crippen LogP contribution in [0.1, 0.15) is 33.7 Å². The summed E-state index contributed by atoms with van der Waals surface area (Å²) >= 11 is 0. The summed E-state index contributed by atoms with van der Waals surface area (Å²) in [5.74, 6) is 1.30. The first kappa shape index (κ1) is 22.5. The Kier molecular flexibility index (Phi) is 9.28. The van der Waals surface area contributed by atoms with Crippen molar-refractivity contribution in [3.63, 3.8) is 0 Å². The van der Waals surface area contributed by atoms with Crippen LogP contribution < -0.4 is 15.8 Å². The molecule has 0 spiro atoms. The zero-order chi connectivity index (χ0) is 19.6. The van der Waals surface area contributed by atoms with Crippen LogP contribution in [0.3, 0.4) is 0 Å². The third kappa shape index (κ3) is 7.29. The van der Waals surface area contributed by atoms with E-state index in [0.717, 1.165) is 30.6 Å². The second-order valence-corrected chi connectivity index (χ2v) is 6.60. The molecule has 2 aromatic carbocycles. The molecule has 0 radical (unpaired) electrons. The SMILES string of the molecule is Cl.NCc1cc(C(=O)NCCc2cccc(OCCCc3ccccc3)c2)co1. The molecule has 3 aromatic rings. The lowest BCUT2D eigenvalue weighted by Crippen LogP contribution is -2.25. The number of carbonyl (C=O) groups excluding carboxylic acids is 1. The number of carbonyl (C=O) groups is 1. The number of hydrogen-bond donors (Lipinski definition) is 2. The van der Waals surface area contributed by atoms with E-state index in [1.807, 2.05) is 30.3 Å². The van der Waals surface area contributed by atoms with Crippen molar-refractivity contribution < 1.29 is 13.9 Å². The number of furan rings is 1. The fourth-order valence-electron chi connectivity index (χ4n) is 2.93. The Bertz CT molecular complexity index is 881. The predicted octanol–water partition coefficient (Wildman–Crippen LogP) is 4.14. The topological polar surface area (TPSA) is 77.5 Å². The molecule has 29 heavy (non-hydrogen) atoms. The average Bonchev–Trinajstić information content (AvgIpc) is 3.22. The van der Waals surface area contributed by atoms with E-state index in [1.165, 1.54) is 11.8 Å². The lowest BCUT2D eigenvalue weighted by molar-refractivity contribution is 0.0953. The summed E-state index contributed by atoms with van der Waals surface area (Å²) in [7, 11) is 0. The highest BCUT2D eigenvalue weighted by atomic mass is 35.5. The monoisotopic (exact) mass is 414 g/mol. The Balaban J connectivity index is 0.00000300. The largest absolute Gasteiger partial charge is 0.494 e. The van der Waals surface area contributed by atoms with Gasteiger partial charge in [0.15, 0.2) is 0 Å². The van der Waals surface area contributed by atoms with Crippen molar-refractivity contribution in [3.8, 4) is 5.75 Å². The molecule has 0 aliphatic rings. The smallest absolute Gasteiger partial charge is 0.254 e. The molecule has 0 saturated heterocycles. The molecule has 3 N–H and O–H groups in total. The van der Waals surface area contributed by atoms with Crippen molar-refractivity contribution in [3.05, 3.63) is 89.4 Å². The zero-order valence-corrected chi connectivity index (χ0v) is 17.1. The molecule has 0 aliphatic heterocycles. The Morgan fingerprint density at radius 3 is 2.55 bits per heavy atom. The van der Waals surface area contributed by atoms with Crippen LogP contribution in [0.2, 0.25) is 0 Å². The third-order valence-corrected chi connectivity index (χ3v) is 4.44. The fourth-order valence-corrected chi connectivity index (χ4v) is 2.93. The van der Waals surface area contributed by atoms with Gasteiger partial charge in [0.2, 0.25) is 0 Å². The van der Waals surface area contributed by atoms with E-state index in [9.17, 15) is 4.79 Å². The van der Waals surface area contributed by atoms with Crippen LogP contribution in [0, 0.1) is 0 Å². The van der Waals surface area contributed by atoms with E-state index in [4.69, 9.17) is 14.9 Å². The Morgan fingerprint density at radius 2 is 1.79 bits per heavy atom. The number of ether oxygens (including phenoxy) is 1. The Labute approximate surface area is 177 Å². The third-order valence-electron chi connectivity index (χ3n) is 4.44. The van der Waals surface area contributed by atoms with Gasteiger partial charge in [0, 0.05) is 6.54 Å². The van der Waals surface area contributed by atoms with E-state index in [0.29, 0.717) is 24.5 Å². The maximum Gasteiger partial charge on any atom is 0.254 e. The number of nitrogens with one attached hydrogen (secondary N) is 1. The number of rotatable bonds is 10. The lowest BCUT2D eigenvalue weighted by atomic mass is 10.1. The normalized spacial score (nSPS) is 10.2. The van der Waals surface area contributed by atoms with Crippen LogP contribution in [0.25, 0.3) is 0 Å². The predicted molar refractivity (Wildman–Crippen MR) is 117 cm³/mol. The number of halogens is 1. The quantitative estimate of drug-likeness (QED) is 0.488. The highest BCUT2D eigenvalue weighted by Gasteiger charge is 2.09. The summed E-state index contributed by atoms with van der Waals surface area (Å²) in [6.45, 7) is 1.50. The standard InChI is InChI=1S/C23H26N2O3.ClH/c24-16-22-15-20(17-28-22)23(26)25-12-11-19-8-4-10-21(14-19)27-13-5-9-18-6-2-1-3-7-18;/h1-4,6-8,10,14-15,17H,5,9,11-13,16,24H2,(H,25,26);1H. The summed E-state index contributed by atoms with van der Waals surface area (Å²) < 4.78 is 11.1. The summed E-state index contributed by atoms with van der Waals surface area (Å²) in [6.07, 6.45) is 4.14. The molecule has 1 aromatic heterocycles. The van der Waals surface area contributed by atoms with Gasteiger partial charge in [-0.3, -0.25) is 4.79 Å². The van der Waals surface area contributed by atoms with Crippen LogP contribution in [0.15, 0.2) is 71.3 Å². The van der Waals surface area contributed by atoms with Gasteiger partial charge in [-0.1, -0.05) is 42.5 Å². The van der Waals surface area contributed by atoms with Gasteiger partial charge in [-0.25, -0.2) is 0 Å². The first-order valence-corrected chi connectivity index (χ1v) is 9.56. The van der Waals surface area contributed by atoms with Gasteiger partial charge in [0.1, 0.15) is 17.8 Å². The van der Waals surface area contributed by atoms with Gasteiger partial charge in [-0.15, -0.1) is 12.4 Å². The first-order chi connectivity index (χ1) is 13.7. The van der Waals surface area contributed by atoms with Gasteiger partial charge in [0.25, 0.3) is 5.91 Å². The number of benzene rings is 2. The first-order valence-electron chi connectivity index (χ1n) is 9.56. The van der Waals surface area contributed by atoms with Gasteiger partial charge in [0.05, 0.1) is 18.7 Å². The highest BCUT2D eigenvalue weighted by Crippen LogP contribution is 2.14. The van der Waals surface area contributed by atoms with Crippen LogP contribution in [0.5, 0.6) is 5.75 Å². The van der Waals surface area contributed by atoms with Crippen molar-refractivity contribution in [2.24, 2.45) is 5.73 Å². The molecule has 1 amide bonds. The van der Waals surface area contributed by atoms with Gasteiger partial charge >= 0.3 is 0 Å². The molecule has 1 heterocycles. The average molecular weight is 415 g/mol. The van der Waals surface area contributed by atoms with E-state index < -0.39 is 0 Å². The second kappa shape index (κ2) is 11.9. The number of nitrogens with two attached hydrogens (primary N) is 1. The fraction of sp³-hybridized carbons (Fsp3) is 0.261. The second-order valence-electron chi connectivity index (χ2n) is 6.60. The van der Waals surface area contributed by atoms with Gasteiger partial charge in [-0.2, -0.15) is 0 Å². The van der Waals surface area contributed by atoms with Crippen molar-refractivity contribution in [1.29, 1.82) is 0 Å². The van der Waals surface area contributed by atoms with Crippen LogP contribution in [-0.4, -0.2) is 19.1 Å². The summed E-state index contributed by atoms with van der Waals surface area (Å²) in [4.78, 5) is 12.1. The maximum atomic E-state index is 12.1. The molecule has 6 heteroatoms. The van der Waals surface area contributed by atoms with Crippen molar-refractivity contribution >= 4 is 18.3 Å². The molecular weight excluding hydrogens is 388 g/mol. The minimum absolute atomic E-state index is 0. The minimum atomic E-state index is -0.156. The van der Waals surface area contributed by atoms with E-state index in [1.54, 1.807) is 6.07 Å². The lowest BCUT2D eigenvalue weighted by Gasteiger charge is -2.09. The van der Waals surface area contributed by atoms with Gasteiger partial charge in [-0.05, 0) is 48.6 Å². The van der Waals surface area contributed by atoms with E-state index in [2.05, 4.69) is 29.6 Å². The molecule has 0 bridgehead atoms. The van der Waals surface area contributed by atoms with Crippen LogP contribution in [-0.2, 0) is 19.4 Å². The van der Waals surface area contributed by atoms with Crippen molar-refractivity contribution in [1.82, 2.24) is 5.32 Å². The number of hydrogen-bond acceptors (Lipinski definition) is 4. The molecule has 0 atom stereocenters. The molecular formula is C23H27ClN2O3. The summed E-state index contributed by atoms with van der Waals surface area (Å²) in [6, 6.07) is 20.1. The molecule has 0 aliphatic carbocycles. The Morgan fingerprint density at radius 1 is 1.00 bits per heavy atom. The summed E-state index contributed by atoms with van der Waals surface area (Å²) in [5, 5.41) is 2.89. The van der Waals surface area contributed by atoms with E-state index >= 15 is 0 Å². The molecule has 3 rings (SSSR count). The molecule has 5 nitrogen and oxygen atoms in total.